The van der Waals surface area contributed by atoms with Crippen LogP contribution in [0.5, 0.6) is 5.75 Å². The third-order valence-electron chi connectivity index (χ3n) is 3.14. The van der Waals surface area contributed by atoms with E-state index in [9.17, 15) is 4.79 Å². The normalized spacial score (nSPS) is 17.5. The molecule has 1 unspecified atom stereocenters. The van der Waals surface area contributed by atoms with Crippen LogP contribution in [0.4, 0.5) is 5.69 Å². The highest BCUT2D eigenvalue weighted by Crippen LogP contribution is 2.29. The van der Waals surface area contributed by atoms with Gasteiger partial charge in [-0.15, -0.1) is 0 Å². The van der Waals surface area contributed by atoms with Crippen molar-refractivity contribution in [1.29, 1.82) is 0 Å². The van der Waals surface area contributed by atoms with Crippen molar-refractivity contribution in [2.45, 2.75) is 19.4 Å². The number of fused-ring (bicyclic) bond motifs is 1. The second-order valence-electron chi connectivity index (χ2n) is 5.02. The number of rotatable bonds is 5. The number of anilines is 1. The van der Waals surface area contributed by atoms with Crippen LogP contribution in [0.15, 0.2) is 18.2 Å². The fourth-order valence-electron chi connectivity index (χ4n) is 2.12. The van der Waals surface area contributed by atoms with Crippen molar-refractivity contribution in [3.05, 3.63) is 23.8 Å². The molecule has 0 fully saturated rings. The van der Waals surface area contributed by atoms with Gasteiger partial charge in [0.1, 0.15) is 11.9 Å². The van der Waals surface area contributed by atoms with Crippen LogP contribution in [-0.4, -0.2) is 48.8 Å². The molecule has 0 aliphatic carbocycles. The molecular formula is C14H20N2O3. The maximum absolute atomic E-state index is 10.6. The van der Waals surface area contributed by atoms with E-state index < -0.39 is 5.97 Å². The van der Waals surface area contributed by atoms with Gasteiger partial charge in [-0.1, -0.05) is 6.07 Å². The first-order chi connectivity index (χ1) is 9.04. The van der Waals surface area contributed by atoms with Crippen LogP contribution in [0.2, 0.25) is 0 Å². The molecule has 19 heavy (non-hydrogen) atoms. The fraction of sp³-hybridized carbons (Fsp3) is 0.500. The SMILES string of the molecule is CC1CNc2cc(CCN(C)CC(=O)O)ccc2O1. The number of carbonyl (C=O) groups is 1. The third-order valence-corrected chi connectivity index (χ3v) is 3.14. The molecule has 1 atom stereocenters. The molecule has 1 aromatic carbocycles. The Bertz CT molecular complexity index is 462. The van der Waals surface area contributed by atoms with Crippen molar-refractivity contribution >= 4 is 11.7 Å². The predicted molar refractivity (Wildman–Crippen MR) is 73.9 cm³/mol. The van der Waals surface area contributed by atoms with E-state index in [0.717, 1.165) is 30.9 Å². The zero-order chi connectivity index (χ0) is 13.8. The second kappa shape index (κ2) is 5.93. The highest BCUT2D eigenvalue weighted by molar-refractivity contribution is 5.69. The monoisotopic (exact) mass is 264 g/mol. The molecule has 0 aromatic heterocycles. The molecule has 2 rings (SSSR count). The molecule has 5 heteroatoms. The summed E-state index contributed by atoms with van der Waals surface area (Å²) < 4.78 is 5.71. The minimum absolute atomic E-state index is 0.0732. The number of carboxylic acid groups (broad SMARTS) is 1. The third kappa shape index (κ3) is 3.86. The predicted octanol–water partition coefficient (Wildman–Crippen LogP) is 1.44. The summed E-state index contributed by atoms with van der Waals surface area (Å²) in [6.45, 7) is 3.65. The lowest BCUT2D eigenvalue weighted by atomic mass is 10.1. The topological polar surface area (TPSA) is 61.8 Å². The lowest BCUT2D eigenvalue weighted by molar-refractivity contribution is -0.137. The molecule has 1 aromatic rings. The minimum atomic E-state index is -0.794. The summed E-state index contributed by atoms with van der Waals surface area (Å²) in [5.41, 5.74) is 2.21. The highest BCUT2D eigenvalue weighted by Gasteiger charge is 2.15. The Morgan fingerprint density at radius 1 is 1.58 bits per heavy atom. The number of hydrogen-bond acceptors (Lipinski definition) is 4. The van der Waals surface area contributed by atoms with Gasteiger partial charge in [0, 0.05) is 6.54 Å². The van der Waals surface area contributed by atoms with E-state index in [1.807, 2.05) is 26.1 Å². The first kappa shape index (κ1) is 13.7. The molecule has 2 N–H and O–H groups in total. The minimum Gasteiger partial charge on any atom is -0.487 e. The summed E-state index contributed by atoms with van der Waals surface area (Å²) in [6.07, 6.45) is 1.02. The van der Waals surface area contributed by atoms with Crippen molar-refractivity contribution < 1.29 is 14.6 Å². The Morgan fingerprint density at radius 3 is 3.11 bits per heavy atom. The van der Waals surface area contributed by atoms with Crippen molar-refractivity contribution in [3.8, 4) is 5.75 Å². The summed E-state index contributed by atoms with van der Waals surface area (Å²) in [6, 6.07) is 6.09. The van der Waals surface area contributed by atoms with Gasteiger partial charge in [-0.05, 0) is 38.1 Å². The Kier molecular flexibility index (Phi) is 4.27. The van der Waals surface area contributed by atoms with Gasteiger partial charge in [-0.25, -0.2) is 0 Å². The van der Waals surface area contributed by atoms with Crippen LogP contribution < -0.4 is 10.1 Å². The molecule has 5 nitrogen and oxygen atoms in total. The summed E-state index contributed by atoms with van der Waals surface area (Å²) >= 11 is 0. The highest BCUT2D eigenvalue weighted by atomic mass is 16.5. The maximum Gasteiger partial charge on any atom is 0.317 e. The summed E-state index contributed by atoms with van der Waals surface area (Å²) in [5.74, 6) is 0.0957. The zero-order valence-corrected chi connectivity index (χ0v) is 11.3. The maximum atomic E-state index is 10.6. The fourth-order valence-corrected chi connectivity index (χ4v) is 2.12. The Hall–Kier alpha value is -1.75. The van der Waals surface area contributed by atoms with Gasteiger partial charge < -0.3 is 15.2 Å². The van der Waals surface area contributed by atoms with E-state index in [4.69, 9.17) is 9.84 Å². The van der Waals surface area contributed by atoms with Crippen molar-refractivity contribution in [2.75, 3.05) is 32.0 Å². The Balaban J connectivity index is 1.93. The van der Waals surface area contributed by atoms with Crippen LogP contribution >= 0.6 is 0 Å². The molecule has 104 valence electrons. The van der Waals surface area contributed by atoms with Crippen molar-refractivity contribution in [2.24, 2.45) is 0 Å². The lowest BCUT2D eigenvalue weighted by Crippen LogP contribution is -2.28. The molecule has 1 heterocycles. The first-order valence-corrected chi connectivity index (χ1v) is 6.48. The summed E-state index contributed by atoms with van der Waals surface area (Å²) in [7, 11) is 1.82. The van der Waals surface area contributed by atoms with Crippen molar-refractivity contribution in [1.82, 2.24) is 4.90 Å². The standard InChI is InChI=1S/C14H20N2O3/c1-10-8-15-12-7-11(3-4-13(12)19-10)5-6-16(2)9-14(17)18/h3-4,7,10,15H,5-6,8-9H2,1-2H3,(H,17,18). The van der Waals surface area contributed by atoms with E-state index in [-0.39, 0.29) is 12.6 Å². The van der Waals surface area contributed by atoms with Gasteiger partial charge in [-0.2, -0.15) is 0 Å². The van der Waals surface area contributed by atoms with Crippen molar-refractivity contribution in [3.63, 3.8) is 0 Å². The summed E-state index contributed by atoms with van der Waals surface area (Å²) in [5, 5.41) is 12.0. The quantitative estimate of drug-likeness (QED) is 0.842. The Labute approximate surface area is 113 Å². The van der Waals surface area contributed by atoms with Crippen LogP contribution in [0.3, 0.4) is 0 Å². The number of carboxylic acids is 1. The van der Waals surface area contributed by atoms with Gasteiger partial charge >= 0.3 is 5.97 Å². The molecule has 0 bridgehead atoms. The zero-order valence-electron chi connectivity index (χ0n) is 11.3. The number of nitrogens with zero attached hydrogens (tertiary/aromatic N) is 1. The molecule has 0 saturated heterocycles. The summed E-state index contributed by atoms with van der Waals surface area (Å²) in [4.78, 5) is 12.4. The number of nitrogens with one attached hydrogen (secondary N) is 1. The van der Waals surface area contributed by atoms with E-state index in [2.05, 4.69) is 11.4 Å². The smallest absolute Gasteiger partial charge is 0.317 e. The average molecular weight is 264 g/mol. The number of aliphatic carboxylic acids is 1. The molecule has 1 aliphatic heterocycles. The van der Waals surface area contributed by atoms with E-state index in [1.165, 1.54) is 5.56 Å². The number of likely N-dealkylation sites (N-methyl/N-ethyl adjacent to an activating group) is 1. The molecular weight excluding hydrogens is 244 g/mol. The number of ether oxygens (including phenoxy) is 1. The second-order valence-corrected chi connectivity index (χ2v) is 5.02. The van der Waals surface area contributed by atoms with E-state index in [0.29, 0.717) is 0 Å². The molecule has 0 amide bonds. The van der Waals surface area contributed by atoms with Gasteiger partial charge in [-0.3, -0.25) is 9.69 Å². The van der Waals surface area contributed by atoms with Gasteiger partial charge in [0.15, 0.2) is 0 Å². The molecule has 1 aliphatic rings. The molecule has 0 radical (unpaired) electrons. The van der Waals surface area contributed by atoms with Gasteiger partial charge in [0.25, 0.3) is 0 Å². The Morgan fingerprint density at radius 2 is 2.37 bits per heavy atom. The van der Waals surface area contributed by atoms with E-state index >= 15 is 0 Å². The first-order valence-electron chi connectivity index (χ1n) is 6.48. The van der Waals surface area contributed by atoms with Crippen LogP contribution in [0, 0.1) is 0 Å². The number of benzene rings is 1. The molecule has 0 saturated carbocycles. The van der Waals surface area contributed by atoms with E-state index in [1.54, 1.807) is 4.90 Å². The van der Waals surface area contributed by atoms with Crippen LogP contribution in [0.25, 0.3) is 0 Å². The van der Waals surface area contributed by atoms with Gasteiger partial charge in [0.2, 0.25) is 0 Å². The average Bonchev–Trinajstić information content (AvgIpc) is 2.35. The van der Waals surface area contributed by atoms with Crippen LogP contribution in [-0.2, 0) is 11.2 Å². The molecule has 0 spiro atoms. The lowest BCUT2D eigenvalue weighted by Gasteiger charge is -2.25. The van der Waals surface area contributed by atoms with Gasteiger partial charge in [0.05, 0.1) is 18.8 Å². The van der Waals surface area contributed by atoms with Crippen LogP contribution in [0.1, 0.15) is 12.5 Å². The largest absolute Gasteiger partial charge is 0.487 e. The number of hydrogen-bond donors (Lipinski definition) is 2.